The highest BCUT2D eigenvalue weighted by molar-refractivity contribution is 9.10. The quantitative estimate of drug-likeness (QED) is 0.639. The summed E-state index contributed by atoms with van der Waals surface area (Å²) in [5.74, 6) is 0. The predicted octanol–water partition coefficient (Wildman–Crippen LogP) is 5.88. The average Bonchev–Trinajstić information content (AvgIpc) is 2.41. The zero-order valence-corrected chi connectivity index (χ0v) is 13.9. The summed E-state index contributed by atoms with van der Waals surface area (Å²) in [4.78, 5) is 0. The second-order valence-electron chi connectivity index (χ2n) is 4.83. The Morgan fingerprint density at radius 1 is 1.18 bits per heavy atom. The molecule has 0 spiro atoms. The standard InChI is InChI=1S/C15H13BrClF3N2/c1-8(22-14-6-9(16)2-5-13(14)21)11-4-3-10(17)7-12(11)15(18,19)20/h2-8,22H,21H2,1H3. The molecule has 0 aliphatic rings. The smallest absolute Gasteiger partial charge is 0.397 e. The molecule has 22 heavy (non-hydrogen) atoms. The number of halogens is 5. The van der Waals surface area contributed by atoms with Crippen LogP contribution in [0.15, 0.2) is 40.9 Å². The first-order valence-corrected chi connectivity index (χ1v) is 7.54. The van der Waals surface area contributed by atoms with E-state index in [-0.39, 0.29) is 10.6 Å². The van der Waals surface area contributed by atoms with E-state index in [1.54, 1.807) is 25.1 Å². The van der Waals surface area contributed by atoms with Crippen molar-refractivity contribution in [2.24, 2.45) is 0 Å². The molecule has 2 aromatic rings. The third kappa shape index (κ3) is 3.87. The van der Waals surface area contributed by atoms with Crippen LogP contribution in [-0.4, -0.2) is 0 Å². The number of anilines is 2. The van der Waals surface area contributed by atoms with Crippen LogP contribution in [0.25, 0.3) is 0 Å². The van der Waals surface area contributed by atoms with Gasteiger partial charge in [0, 0.05) is 15.5 Å². The summed E-state index contributed by atoms with van der Waals surface area (Å²) in [5.41, 5.74) is 6.21. The van der Waals surface area contributed by atoms with Crippen LogP contribution in [0.1, 0.15) is 24.1 Å². The fourth-order valence-corrected chi connectivity index (χ4v) is 2.65. The highest BCUT2D eigenvalue weighted by Gasteiger charge is 2.34. The van der Waals surface area contributed by atoms with Crippen molar-refractivity contribution in [1.29, 1.82) is 0 Å². The molecular formula is C15H13BrClF3N2. The molecule has 0 saturated carbocycles. The van der Waals surface area contributed by atoms with Gasteiger partial charge < -0.3 is 11.1 Å². The van der Waals surface area contributed by atoms with E-state index in [0.29, 0.717) is 11.4 Å². The number of nitrogens with two attached hydrogens (primary N) is 1. The van der Waals surface area contributed by atoms with Crippen LogP contribution < -0.4 is 11.1 Å². The highest BCUT2D eigenvalue weighted by atomic mass is 79.9. The summed E-state index contributed by atoms with van der Waals surface area (Å²) in [7, 11) is 0. The van der Waals surface area contributed by atoms with E-state index in [1.807, 2.05) is 0 Å². The van der Waals surface area contributed by atoms with Crippen LogP contribution in [0, 0.1) is 0 Å². The first-order chi connectivity index (χ1) is 10.2. The minimum absolute atomic E-state index is 0.0465. The Hall–Kier alpha value is -1.40. The fourth-order valence-electron chi connectivity index (χ4n) is 2.12. The highest BCUT2D eigenvalue weighted by Crippen LogP contribution is 2.37. The summed E-state index contributed by atoms with van der Waals surface area (Å²) in [6, 6.07) is 8.30. The molecule has 0 amide bonds. The summed E-state index contributed by atoms with van der Waals surface area (Å²) in [6.07, 6.45) is -4.47. The van der Waals surface area contributed by atoms with Crippen LogP contribution in [0.5, 0.6) is 0 Å². The number of benzene rings is 2. The van der Waals surface area contributed by atoms with Crippen molar-refractivity contribution >= 4 is 38.9 Å². The van der Waals surface area contributed by atoms with Crippen LogP contribution in [0.3, 0.4) is 0 Å². The molecule has 2 rings (SSSR count). The number of hydrogen-bond acceptors (Lipinski definition) is 2. The number of rotatable bonds is 3. The van der Waals surface area contributed by atoms with Crippen LogP contribution in [0.2, 0.25) is 5.02 Å². The van der Waals surface area contributed by atoms with Gasteiger partial charge in [-0.25, -0.2) is 0 Å². The fraction of sp³-hybridized carbons (Fsp3) is 0.200. The molecule has 0 bridgehead atoms. The molecule has 0 aliphatic carbocycles. The molecular weight excluding hydrogens is 381 g/mol. The Bertz CT molecular complexity index is 689. The lowest BCUT2D eigenvalue weighted by Crippen LogP contribution is -2.15. The first-order valence-electron chi connectivity index (χ1n) is 6.36. The van der Waals surface area contributed by atoms with Gasteiger partial charge in [0.15, 0.2) is 0 Å². The van der Waals surface area contributed by atoms with Gasteiger partial charge in [0.25, 0.3) is 0 Å². The predicted molar refractivity (Wildman–Crippen MR) is 87.0 cm³/mol. The summed E-state index contributed by atoms with van der Waals surface area (Å²) >= 11 is 8.99. The molecule has 2 nitrogen and oxygen atoms in total. The van der Waals surface area contributed by atoms with Crippen LogP contribution in [-0.2, 0) is 6.18 Å². The molecule has 1 atom stereocenters. The summed E-state index contributed by atoms with van der Waals surface area (Å²) < 4.78 is 40.2. The molecule has 1 unspecified atom stereocenters. The van der Waals surface area contributed by atoms with E-state index < -0.39 is 17.8 Å². The monoisotopic (exact) mass is 392 g/mol. The normalized spacial score (nSPS) is 13.0. The Balaban J connectivity index is 2.38. The molecule has 0 aliphatic heterocycles. The number of nitrogens with one attached hydrogen (secondary N) is 1. The van der Waals surface area contributed by atoms with E-state index >= 15 is 0 Å². The first kappa shape index (κ1) is 17.0. The second-order valence-corrected chi connectivity index (χ2v) is 6.18. The molecule has 7 heteroatoms. The maximum atomic E-state index is 13.2. The zero-order chi connectivity index (χ0) is 16.5. The third-order valence-electron chi connectivity index (χ3n) is 3.17. The van der Waals surface area contributed by atoms with Crippen molar-refractivity contribution in [3.63, 3.8) is 0 Å². The zero-order valence-electron chi connectivity index (χ0n) is 11.5. The number of nitrogen functional groups attached to an aromatic ring is 1. The maximum absolute atomic E-state index is 13.2. The molecule has 0 aromatic heterocycles. The van der Waals surface area contributed by atoms with Crippen LogP contribution >= 0.6 is 27.5 Å². The minimum atomic E-state index is -4.47. The number of hydrogen-bond donors (Lipinski definition) is 2. The average molecular weight is 394 g/mol. The van der Waals surface area contributed by atoms with Crippen molar-refractivity contribution in [3.8, 4) is 0 Å². The van der Waals surface area contributed by atoms with E-state index in [1.165, 1.54) is 12.1 Å². The van der Waals surface area contributed by atoms with E-state index in [9.17, 15) is 13.2 Å². The van der Waals surface area contributed by atoms with E-state index in [0.717, 1.165) is 10.5 Å². The molecule has 0 fully saturated rings. The Morgan fingerprint density at radius 3 is 2.50 bits per heavy atom. The van der Waals surface area contributed by atoms with Crippen molar-refractivity contribution in [2.75, 3.05) is 11.1 Å². The second kappa shape index (κ2) is 6.38. The molecule has 2 aromatic carbocycles. The van der Waals surface area contributed by atoms with Crippen molar-refractivity contribution in [1.82, 2.24) is 0 Å². The summed E-state index contributed by atoms with van der Waals surface area (Å²) in [6.45, 7) is 1.64. The van der Waals surface area contributed by atoms with Crippen molar-refractivity contribution < 1.29 is 13.2 Å². The lowest BCUT2D eigenvalue weighted by atomic mass is 10.0. The van der Waals surface area contributed by atoms with Gasteiger partial charge in [0.05, 0.1) is 16.9 Å². The lowest BCUT2D eigenvalue weighted by Gasteiger charge is -2.21. The minimum Gasteiger partial charge on any atom is -0.397 e. The van der Waals surface area contributed by atoms with E-state index in [2.05, 4.69) is 21.2 Å². The third-order valence-corrected chi connectivity index (χ3v) is 3.90. The van der Waals surface area contributed by atoms with Gasteiger partial charge in [0.2, 0.25) is 0 Å². The largest absolute Gasteiger partial charge is 0.416 e. The van der Waals surface area contributed by atoms with Crippen LogP contribution in [0.4, 0.5) is 24.5 Å². The van der Waals surface area contributed by atoms with Crippen molar-refractivity contribution in [2.45, 2.75) is 19.1 Å². The van der Waals surface area contributed by atoms with Gasteiger partial charge in [-0.2, -0.15) is 13.2 Å². The molecule has 0 saturated heterocycles. The maximum Gasteiger partial charge on any atom is 0.416 e. The van der Waals surface area contributed by atoms with Gasteiger partial charge in [-0.05, 0) is 42.8 Å². The Kier molecular flexibility index (Phi) is 4.92. The lowest BCUT2D eigenvalue weighted by molar-refractivity contribution is -0.138. The van der Waals surface area contributed by atoms with Crippen molar-refractivity contribution in [3.05, 3.63) is 57.0 Å². The molecule has 3 N–H and O–H groups in total. The van der Waals surface area contributed by atoms with E-state index in [4.69, 9.17) is 17.3 Å². The molecule has 0 radical (unpaired) electrons. The molecule has 0 heterocycles. The van der Waals surface area contributed by atoms with Gasteiger partial charge in [-0.3, -0.25) is 0 Å². The summed E-state index contributed by atoms with van der Waals surface area (Å²) in [5, 5.41) is 3.05. The number of alkyl halides is 3. The van der Waals surface area contributed by atoms with Gasteiger partial charge in [-0.15, -0.1) is 0 Å². The Morgan fingerprint density at radius 2 is 1.86 bits per heavy atom. The topological polar surface area (TPSA) is 38.0 Å². The van der Waals surface area contributed by atoms with Gasteiger partial charge in [-0.1, -0.05) is 33.6 Å². The van der Waals surface area contributed by atoms with Gasteiger partial charge in [0.1, 0.15) is 0 Å². The Labute approximate surface area is 139 Å². The van der Waals surface area contributed by atoms with Gasteiger partial charge >= 0.3 is 6.18 Å². The molecule has 118 valence electrons. The SMILES string of the molecule is CC(Nc1cc(Br)ccc1N)c1ccc(Cl)cc1C(F)(F)F.